The predicted octanol–water partition coefficient (Wildman–Crippen LogP) is 3.03. The lowest BCUT2D eigenvalue weighted by Gasteiger charge is -2.18. The third-order valence-corrected chi connectivity index (χ3v) is 3.66. The van der Waals surface area contributed by atoms with E-state index in [4.69, 9.17) is 23.7 Å². The monoisotopic (exact) mass is 393 g/mol. The molecule has 0 fully saturated rings. The van der Waals surface area contributed by atoms with Gasteiger partial charge in [0.2, 0.25) is 0 Å². The number of rotatable bonds is 11. The largest absolute Gasteiger partial charge is 0.467 e. The molecule has 28 heavy (non-hydrogen) atoms. The van der Waals surface area contributed by atoms with E-state index in [9.17, 15) is 4.79 Å². The van der Waals surface area contributed by atoms with E-state index in [2.05, 4.69) is 24.3 Å². The summed E-state index contributed by atoms with van der Waals surface area (Å²) >= 11 is 0. The summed E-state index contributed by atoms with van der Waals surface area (Å²) in [6.07, 6.45) is 1.69. The van der Waals surface area contributed by atoms with Gasteiger partial charge in [-0.3, -0.25) is 0 Å². The van der Waals surface area contributed by atoms with E-state index in [0.29, 0.717) is 17.4 Å². The fourth-order valence-electron chi connectivity index (χ4n) is 2.52. The minimum atomic E-state index is -0.554. The molecule has 0 unspecified atom stereocenters. The van der Waals surface area contributed by atoms with Crippen LogP contribution < -0.4 is 14.8 Å². The lowest BCUT2D eigenvalue weighted by atomic mass is 10.1. The molecule has 0 atom stereocenters. The second kappa shape index (κ2) is 10.5. The van der Waals surface area contributed by atoms with Crippen LogP contribution in [0.4, 0.5) is 11.5 Å². The molecule has 0 aliphatic rings. The number of carbonyl (C=O) groups is 1. The van der Waals surface area contributed by atoms with Crippen LogP contribution in [0.15, 0.2) is 24.4 Å². The fraction of sp³-hybridized carbons (Fsp3) is 0.474. The Bertz CT molecular complexity index is 775. The van der Waals surface area contributed by atoms with Crippen LogP contribution in [0.5, 0.6) is 11.5 Å². The summed E-state index contributed by atoms with van der Waals surface area (Å²) in [5.41, 5.74) is 0.679. The van der Waals surface area contributed by atoms with Gasteiger partial charge in [-0.25, -0.2) is 9.48 Å². The Morgan fingerprint density at radius 1 is 1.14 bits per heavy atom. The Morgan fingerprint density at radius 2 is 1.86 bits per heavy atom. The summed E-state index contributed by atoms with van der Waals surface area (Å²) in [7, 11) is 4.33. The van der Waals surface area contributed by atoms with Gasteiger partial charge in [-0.2, -0.15) is 5.10 Å². The van der Waals surface area contributed by atoms with Crippen LogP contribution in [0.1, 0.15) is 24.2 Å². The molecule has 1 aromatic carbocycles. The maximum atomic E-state index is 12.5. The number of nitrogens with one attached hydrogen (secondary N) is 1. The summed E-state index contributed by atoms with van der Waals surface area (Å²) in [6.45, 7) is 4.92. The van der Waals surface area contributed by atoms with Crippen molar-refractivity contribution < 1.29 is 28.5 Å². The minimum absolute atomic E-state index is 0.0392. The highest BCUT2D eigenvalue weighted by molar-refractivity contribution is 5.99. The Kier molecular flexibility index (Phi) is 8.09. The number of benzene rings is 1. The van der Waals surface area contributed by atoms with Crippen LogP contribution >= 0.6 is 0 Å². The van der Waals surface area contributed by atoms with E-state index in [1.807, 2.05) is 10.7 Å². The van der Waals surface area contributed by atoms with E-state index in [-0.39, 0.29) is 24.9 Å². The SMILES string of the molecule is COCOc1cc(Nc2ccnn2CC(C)C)c(C(=O)OC)c(OCOC)c1. The molecule has 1 aromatic heterocycles. The van der Waals surface area contributed by atoms with Gasteiger partial charge >= 0.3 is 5.97 Å². The fourth-order valence-corrected chi connectivity index (χ4v) is 2.52. The predicted molar refractivity (Wildman–Crippen MR) is 103 cm³/mol. The zero-order chi connectivity index (χ0) is 20.5. The van der Waals surface area contributed by atoms with Crippen LogP contribution in [-0.4, -0.2) is 50.7 Å². The lowest BCUT2D eigenvalue weighted by molar-refractivity contribution is 0.0436. The number of ether oxygens (including phenoxy) is 5. The molecule has 1 N–H and O–H groups in total. The summed E-state index contributed by atoms with van der Waals surface area (Å²) in [4.78, 5) is 12.5. The van der Waals surface area contributed by atoms with Crippen molar-refractivity contribution in [3.63, 3.8) is 0 Å². The third-order valence-electron chi connectivity index (χ3n) is 3.66. The molecule has 0 amide bonds. The summed E-state index contributed by atoms with van der Waals surface area (Å²) in [5.74, 6) is 1.29. The van der Waals surface area contributed by atoms with Crippen molar-refractivity contribution in [2.75, 3.05) is 40.2 Å². The number of hydrogen-bond donors (Lipinski definition) is 1. The number of esters is 1. The molecular formula is C19H27N3O6. The second-order valence-electron chi connectivity index (χ2n) is 6.35. The molecule has 2 aromatic rings. The first-order chi connectivity index (χ1) is 13.5. The molecule has 0 spiro atoms. The van der Waals surface area contributed by atoms with E-state index in [1.165, 1.54) is 21.3 Å². The Morgan fingerprint density at radius 3 is 2.50 bits per heavy atom. The van der Waals surface area contributed by atoms with Crippen molar-refractivity contribution in [2.24, 2.45) is 5.92 Å². The molecule has 0 aliphatic heterocycles. The number of hydrogen-bond acceptors (Lipinski definition) is 8. The highest BCUT2D eigenvalue weighted by Crippen LogP contribution is 2.35. The normalized spacial score (nSPS) is 10.8. The molecule has 2 rings (SSSR count). The van der Waals surface area contributed by atoms with Gasteiger partial charge in [0.1, 0.15) is 22.9 Å². The van der Waals surface area contributed by atoms with Crippen LogP contribution in [0.3, 0.4) is 0 Å². The van der Waals surface area contributed by atoms with Gasteiger partial charge in [-0.15, -0.1) is 0 Å². The van der Waals surface area contributed by atoms with E-state index >= 15 is 0 Å². The van der Waals surface area contributed by atoms with Gasteiger partial charge < -0.3 is 29.0 Å². The number of carbonyl (C=O) groups excluding carboxylic acids is 1. The van der Waals surface area contributed by atoms with Crippen molar-refractivity contribution in [3.8, 4) is 11.5 Å². The van der Waals surface area contributed by atoms with Crippen molar-refractivity contribution >= 4 is 17.5 Å². The number of aromatic nitrogens is 2. The van der Waals surface area contributed by atoms with Gasteiger partial charge in [0, 0.05) is 39.0 Å². The van der Waals surface area contributed by atoms with Crippen LogP contribution in [0.25, 0.3) is 0 Å². The topological polar surface area (TPSA) is 93.1 Å². The lowest BCUT2D eigenvalue weighted by Crippen LogP contribution is -2.14. The molecule has 1 heterocycles. The van der Waals surface area contributed by atoms with Crippen molar-refractivity contribution in [3.05, 3.63) is 30.0 Å². The average molecular weight is 393 g/mol. The van der Waals surface area contributed by atoms with E-state index in [0.717, 1.165) is 12.4 Å². The second-order valence-corrected chi connectivity index (χ2v) is 6.35. The summed E-state index contributed by atoms with van der Waals surface area (Å²) < 4.78 is 27.8. The Balaban J connectivity index is 2.48. The Hall–Kier alpha value is -2.78. The zero-order valence-electron chi connectivity index (χ0n) is 16.9. The highest BCUT2D eigenvalue weighted by atomic mass is 16.7. The molecule has 0 bridgehead atoms. The molecule has 0 radical (unpaired) electrons. The quantitative estimate of drug-likeness (QED) is 0.460. The standard InChI is InChI=1S/C19H27N3O6/c1-13(2)10-22-17(6-7-20-22)21-15-8-14(27-11-24-3)9-16(28-12-25-4)18(15)19(23)26-5/h6-9,13,21H,10-12H2,1-5H3. The third kappa shape index (κ3) is 5.61. The molecule has 0 aliphatic carbocycles. The summed E-state index contributed by atoms with van der Waals surface area (Å²) in [5, 5.41) is 7.56. The van der Waals surface area contributed by atoms with E-state index < -0.39 is 5.97 Å². The average Bonchev–Trinajstić information content (AvgIpc) is 3.09. The minimum Gasteiger partial charge on any atom is -0.467 e. The smallest absolute Gasteiger partial charge is 0.343 e. The van der Waals surface area contributed by atoms with Gasteiger partial charge in [0.05, 0.1) is 19.0 Å². The van der Waals surface area contributed by atoms with E-state index in [1.54, 1.807) is 18.3 Å². The van der Waals surface area contributed by atoms with Gasteiger partial charge in [0.15, 0.2) is 13.6 Å². The maximum absolute atomic E-state index is 12.5. The molecule has 154 valence electrons. The van der Waals surface area contributed by atoms with Crippen molar-refractivity contribution in [1.29, 1.82) is 0 Å². The van der Waals surface area contributed by atoms with Gasteiger partial charge in [0.25, 0.3) is 0 Å². The Labute approximate surface area is 164 Å². The number of nitrogens with zero attached hydrogens (tertiary/aromatic N) is 2. The van der Waals surface area contributed by atoms with Gasteiger partial charge in [-0.05, 0) is 5.92 Å². The van der Waals surface area contributed by atoms with Crippen molar-refractivity contribution in [1.82, 2.24) is 9.78 Å². The highest BCUT2D eigenvalue weighted by Gasteiger charge is 2.22. The molecule has 0 saturated heterocycles. The maximum Gasteiger partial charge on any atom is 0.343 e. The number of methoxy groups -OCH3 is 3. The first kappa shape index (κ1) is 21.5. The van der Waals surface area contributed by atoms with Crippen LogP contribution in [0, 0.1) is 5.92 Å². The van der Waals surface area contributed by atoms with Crippen LogP contribution in [-0.2, 0) is 20.8 Å². The molecule has 0 saturated carbocycles. The van der Waals surface area contributed by atoms with Crippen molar-refractivity contribution in [2.45, 2.75) is 20.4 Å². The number of anilines is 2. The molecule has 9 heteroatoms. The van der Waals surface area contributed by atoms with Crippen LogP contribution in [0.2, 0.25) is 0 Å². The molecular weight excluding hydrogens is 366 g/mol. The summed E-state index contributed by atoms with van der Waals surface area (Å²) in [6, 6.07) is 5.08. The molecule has 9 nitrogen and oxygen atoms in total. The first-order valence-electron chi connectivity index (χ1n) is 8.78. The zero-order valence-corrected chi connectivity index (χ0v) is 16.9. The first-order valence-corrected chi connectivity index (χ1v) is 8.78. The van der Waals surface area contributed by atoms with Gasteiger partial charge in [-0.1, -0.05) is 13.8 Å².